The van der Waals surface area contributed by atoms with Crippen molar-refractivity contribution in [3.05, 3.63) is 69.9 Å². The summed E-state index contributed by atoms with van der Waals surface area (Å²) >= 11 is 3.40. The maximum absolute atomic E-state index is 13.1. The number of hydrogen-bond acceptors (Lipinski definition) is 2. The van der Waals surface area contributed by atoms with E-state index in [1.807, 2.05) is 36.2 Å². The third-order valence-electron chi connectivity index (χ3n) is 4.26. The first kappa shape index (κ1) is 16.1. The number of amides is 1. The maximum Gasteiger partial charge on any atom is 0.254 e. The number of carbonyl (C=O) groups is 1. The fourth-order valence-electron chi connectivity index (χ4n) is 2.91. The number of likely N-dealkylation sites (N-methyl/N-ethyl adjacent to an activating group) is 1. The van der Waals surface area contributed by atoms with Gasteiger partial charge in [-0.15, -0.1) is 0 Å². The summed E-state index contributed by atoms with van der Waals surface area (Å²) < 4.78 is 14.0. The van der Waals surface area contributed by atoms with Crippen LogP contribution in [0.15, 0.2) is 53.0 Å². The lowest BCUT2D eigenvalue weighted by atomic mass is 10.0. The van der Waals surface area contributed by atoms with E-state index in [1.165, 1.54) is 12.1 Å². The van der Waals surface area contributed by atoms with E-state index in [0.717, 1.165) is 16.6 Å². The molecule has 1 aliphatic heterocycles. The number of rotatable bonds is 2. The maximum atomic E-state index is 13.1. The lowest BCUT2D eigenvalue weighted by molar-refractivity contribution is 0.0546. The largest absolute Gasteiger partial charge is 0.335 e. The minimum Gasteiger partial charge on any atom is -0.335 e. The van der Waals surface area contributed by atoms with Crippen LogP contribution in [0.4, 0.5) is 4.39 Å². The molecule has 1 heterocycles. The summed E-state index contributed by atoms with van der Waals surface area (Å²) in [6.07, 6.45) is 0. The zero-order valence-corrected chi connectivity index (χ0v) is 14.5. The molecule has 3 rings (SSSR count). The second kappa shape index (κ2) is 6.81. The van der Waals surface area contributed by atoms with Gasteiger partial charge in [0.15, 0.2) is 0 Å². The van der Waals surface area contributed by atoms with Crippen LogP contribution in [0.2, 0.25) is 0 Å². The normalized spacial score (nSPS) is 18.9. The fraction of sp³-hybridized carbons (Fsp3) is 0.278. The lowest BCUT2D eigenvalue weighted by Gasteiger charge is -2.39. The summed E-state index contributed by atoms with van der Waals surface area (Å²) in [4.78, 5) is 16.8. The summed E-state index contributed by atoms with van der Waals surface area (Å²) in [6, 6.07) is 14.1. The van der Waals surface area contributed by atoms with E-state index in [0.29, 0.717) is 18.7 Å². The third kappa shape index (κ3) is 3.62. The van der Waals surface area contributed by atoms with Crippen LogP contribution in [0.1, 0.15) is 22.0 Å². The van der Waals surface area contributed by atoms with Crippen molar-refractivity contribution in [2.45, 2.75) is 6.04 Å². The monoisotopic (exact) mass is 376 g/mol. The van der Waals surface area contributed by atoms with Crippen LogP contribution in [0.3, 0.4) is 0 Å². The number of halogens is 2. The Bertz CT molecular complexity index is 704. The highest BCUT2D eigenvalue weighted by molar-refractivity contribution is 9.10. The Morgan fingerprint density at radius 3 is 2.61 bits per heavy atom. The predicted molar refractivity (Wildman–Crippen MR) is 91.8 cm³/mol. The highest BCUT2D eigenvalue weighted by Crippen LogP contribution is 2.25. The molecule has 0 aromatic heterocycles. The van der Waals surface area contributed by atoms with E-state index in [1.54, 1.807) is 12.1 Å². The van der Waals surface area contributed by atoms with Crippen LogP contribution >= 0.6 is 15.9 Å². The van der Waals surface area contributed by atoms with E-state index in [4.69, 9.17) is 0 Å². The molecule has 1 atom stereocenters. The van der Waals surface area contributed by atoms with Crippen molar-refractivity contribution in [3.8, 4) is 0 Å². The molecule has 0 saturated carbocycles. The van der Waals surface area contributed by atoms with Crippen molar-refractivity contribution in [1.29, 1.82) is 0 Å². The lowest BCUT2D eigenvalue weighted by Crippen LogP contribution is -2.49. The van der Waals surface area contributed by atoms with Gasteiger partial charge in [0.2, 0.25) is 0 Å². The van der Waals surface area contributed by atoms with Gasteiger partial charge < -0.3 is 4.90 Å². The zero-order chi connectivity index (χ0) is 16.4. The molecule has 0 N–H and O–H groups in total. The third-order valence-corrected chi connectivity index (χ3v) is 4.75. The van der Waals surface area contributed by atoms with Crippen molar-refractivity contribution < 1.29 is 9.18 Å². The topological polar surface area (TPSA) is 23.6 Å². The van der Waals surface area contributed by atoms with Crippen LogP contribution in [0, 0.1) is 5.82 Å². The molecule has 0 radical (unpaired) electrons. The van der Waals surface area contributed by atoms with Gasteiger partial charge in [-0.3, -0.25) is 9.69 Å². The van der Waals surface area contributed by atoms with Crippen molar-refractivity contribution in [2.75, 3.05) is 26.7 Å². The first-order chi connectivity index (χ1) is 11.0. The molecule has 1 fully saturated rings. The second-order valence-corrected chi connectivity index (χ2v) is 6.73. The fourth-order valence-corrected chi connectivity index (χ4v) is 3.31. The Kier molecular flexibility index (Phi) is 4.78. The number of nitrogens with zero attached hydrogens (tertiary/aromatic N) is 2. The van der Waals surface area contributed by atoms with E-state index >= 15 is 0 Å². The van der Waals surface area contributed by atoms with E-state index in [2.05, 4.69) is 20.8 Å². The Labute approximate surface area is 143 Å². The van der Waals surface area contributed by atoms with E-state index in [9.17, 15) is 9.18 Å². The molecule has 5 heteroatoms. The molecule has 1 unspecified atom stereocenters. The van der Waals surface area contributed by atoms with E-state index in [-0.39, 0.29) is 17.8 Å². The van der Waals surface area contributed by atoms with Gasteiger partial charge in [-0.05, 0) is 42.9 Å². The first-order valence-electron chi connectivity index (χ1n) is 7.55. The molecule has 120 valence electrons. The molecule has 3 nitrogen and oxygen atoms in total. The summed E-state index contributed by atoms with van der Waals surface area (Å²) in [5.41, 5.74) is 1.71. The summed E-state index contributed by atoms with van der Waals surface area (Å²) in [6.45, 7) is 2.09. The number of piperazine rings is 1. The van der Waals surface area contributed by atoms with Gasteiger partial charge >= 0.3 is 0 Å². The van der Waals surface area contributed by atoms with Crippen molar-refractivity contribution in [3.63, 3.8) is 0 Å². The molecule has 23 heavy (non-hydrogen) atoms. The Morgan fingerprint density at radius 2 is 1.91 bits per heavy atom. The molecule has 1 aliphatic rings. The second-order valence-electron chi connectivity index (χ2n) is 5.81. The van der Waals surface area contributed by atoms with Gasteiger partial charge in [-0.25, -0.2) is 4.39 Å². The zero-order valence-electron chi connectivity index (χ0n) is 12.9. The summed E-state index contributed by atoms with van der Waals surface area (Å²) in [7, 11) is 2.04. The smallest absolute Gasteiger partial charge is 0.254 e. The summed E-state index contributed by atoms with van der Waals surface area (Å²) in [5, 5.41) is 0. The molecule has 0 aliphatic carbocycles. The van der Waals surface area contributed by atoms with Crippen molar-refractivity contribution >= 4 is 21.8 Å². The van der Waals surface area contributed by atoms with Crippen LogP contribution in [0.25, 0.3) is 0 Å². The highest BCUT2D eigenvalue weighted by atomic mass is 79.9. The molecular weight excluding hydrogens is 359 g/mol. The van der Waals surface area contributed by atoms with Crippen molar-refractivity contribution in [1.82, 2.24) is 9.80 Å². The Hall–Kier alpha value is -1.72. The van der Waals surface area contributed by atoms with Crippen LogP contribution in [0.5, 0.6) is 0 Å². The highest BCUT2D eigenvalue weighted by Gasteiger charge is 2.29. The molecule has 1 amide bonds. The van der Waals surface area contributed by atoms with Crippen LogP contribution in [-0.4, -0.2) is 42.4 Å². The van der Waals surface area contributed by atoms with Crippen LogP contribution < -0.4 is 0 Å². The summed E-state index contributed by atoms with van der Waals surface area (Å²) in [5.74, 6) is -0.208. The number of hydrogen-bond donors (Lipinski definition) is 0. The van der Waals surface area contributed by atoms with Gasteiger partial charge in [0, 0.05) is 29.7 Å². The van der Waals surface area contributed by atoms with Gasteiger partial charge in [-0.2, -0.15) is 0 Å². The quantitative estimate of drug-likeness (QED) is 0.797. The first-order valence-corrected chi connectivity index (χ1v) is 8.34. The predicted octanol–water partition coefficient (Wildman–Crippen LogP) is 3.72. The SMILES string of the molecule is CN1CCN(C(=O)c2cccc(Br)c2)CC1c1ccc(F)cc1. The Balaban J connectivity index is 1.80. The standard InChI is InChI=1S/C18H18BrFN2O/c1-21-9-10-22(18(23)14-3-2-4-15(19)11-14)12-17(21)13-5-7-16(20)8-6-13/h2-8,11,17H,9-10,12H2,1H3. The average Bonchev–Trinajstić information content (AvgIpc) is 2.55. The molecular formula is C18H18BrFN2O. The average molecular weight is 377 g/mol. The van der Waals surface area contributed by atoms with Gasteiger partial charge in [0.05, 0.1) is 6.04 Å². The molecule has 0 spiro atoms. The number of benzene rings is 2. The van der Waals surface area contributed by atoms with Crippen LogP contribution in [-0.2, 0) is 0 Å². The Morgan fingerprint density at radius 1 is 1.17 bits per heavy atom. The number of carbonyl (C=O) groups excluding carboxylic acids is 1. The molecule has 2 aromatic carbocycles. The minimum atomic E-state index is -0.241. The molecule has 0 bridgehead atoms. The van der Waals surface area contributed by atoms with Gasteiger partial charge in [0.25, 0.3) is 5.91 Å². The molecule has 1 saturated heterocycles. The molecule has 2 aromatic rings. The van der Waals surface area contributed by atoms with E-state index < -0.39 is 0 Å². The van der Waals surface area contributed by atoms with Crippen molar-refractivity contribution in [2.24, 2.45) is 0 Å². The van der Waals surface area contributed by atoms with Gasteiger partial charge in [0.1, 0.15) is 5.82 Å². The minimum absolute atomic E-state index is 0.0338. The van der Waals surface area contributed by atoms with Gasteiger partial charge in [-0.1, -0.05) is 34.1 Å².